The first-order chi connectivity index (χ1) is 9.13. The van der Waals surface area contributed by atoms with Gasteiger partial charge in [0.2, 0.25) is 5.95 Å². The molecule has 19 heavy (non-hydrogen) atoms. The number of hydrogen-bond acceptors (Lipinski definition) is 5. The lowest BCUT2D eigenvalue weighted by Crippen LogP contribution is -2.01. The minimum Gasteiger partial charge on any atom is -0.368 e. The molecular formula is C11H8BrClN6. The summed E-state index contributed by atoms with van der Waals surface area (Å²) in [6.45, 7) is 0. The Morgan fingerprint density at radius 1 is 1.32 bits per heavy atom. The van der Waals surface area contributed by atoms with Gasteiger partial charge in [-0.2, -0.15) is 15.1 Å². The van der Waals surface area contributed by atoms with E-state index in [2.05, 4.69) is 41.4 Å². The van der Waals surface area contributed by atoms with Crippen LogP contribution in [-0.4, -0.2) is 20.2 Å². The summed E-state index contributed by atoms with van der Waals surface area (Å²) in [6.07, 6.45) is 1.64. The topological polar surface area (TPSA) is 92.5 Å². The van der Waals surface area contributed by atoms with E-state index in [4.69, 9.17) is 17.3 Å². The Morgan fingerprint density at radius 2 is 2.16 bits per heavy atom. The van der Waals surface area contributed by atoms with Crippen molar-refractivity contribution in [3.05, 3.63) is 33.9 Å². The van der Waals surface area contributed by atoms with Gasteiger partial charge in [0, 0.05) is 9.50 Å². The van der Waals surface area contributed by atoms with Crippen LogP contribution < -0.4 is 11.1 Å². The molecule has 0 radical (unpaired) electrons. The summed E-state index contributed by atoms with van der Waals surface area (Å²) in [5.41, 5.74) is 7.06. The minimum atomic E-state index is 0.171. The van der Waals surface area contributed by atoms with E-state index in [1.807, 2.05) is 6.07 Å². The standard InChI is InChI=1S/C11H8BrClN6/c12-7-3-5(13)1-2-8(7)16-9-6-4-15-19-10(6)18-11(14)17-9/h1-4H,(H4,14,15,16,17,18,19). The van der Waals surface area contributed by atoms with E-state index < -0.39 is 0 Å². The number of aromatic amines is 1. The number of nitrogens with zero attached hydrogens (tertiary/aromatic N) is 3. The van der Waals surface area contributed by atoms with Crippen LogP contribution in [0.2, 0.25) is 5.02 Å². The van der Waals surface area contributed by atoms with Gasteiger partial charge in [0.25, 0.3) is 0 Å². The first kappa shape index (κ1) is 12.2. The second kappa shape index (κ2) is 4.67. The van der Waals surface area contributed by atoms with Gasteiger partial charge in [0.15, 0.2) is 5.65 Å². The Kier molecular flexibility index (Phi) is 3.00. The molecule has 0 fully saturated rings. The van der Waals surface area contributed by atoms with E-state index in [0.717, 1.165) is 15.5 Å². The third-order valence-corrected chi connectivity index (χ3v) is 3.40. The number of nitrogen functional groups attached to an aromatic ring is 1. The summed E-state index contributed by atoms with van der Waals surface area (Å²) in [5.74, 6) is 0.753. The Morgan fingerprint density at radius 3 is 2.95 bits per heavy atom. The summed E-state index contributed by atoms with van der Waals surface area (Å²) in [5, 5.41) is 11.3. The summed E-state index contributed by atoms with van der Waals surface area (Å²) in [4.78, 5) is 8.22. The van der Waals surface area contributed by atoms with Crippen LogP contribution in [0.5, 0.6) is 0 Å². The second-order valence-electron chi connectivity index (χ2n) is 3.81. The van der Waals surface area contributed by atoms with E-state index in [1.54, 1.807) is 18.3 Å². The molecule has 1 aromatic carbocycles. The third-order valence-electron chi connectivity index (χ3n) is 2.51. The Bertz CT molecular complexity index is 756. The van der Waals surface area contributed by atoms with Gasteiger partial charge in [-0.1, -0.05) is 11.6 Å². The highest BCUT2D eigenvalue weighted by molar-refractivity contribution is 9.10. The molecule has 0 atom stereocenters. The second-order valence-corrected chi connectivity index (χ2v) is 5.10. The molecule has 0 amide bonds. The maximum absolute atomic E-state index is 5.90. The minimum absolute atomic E-state index is 0.171. The molecule has 0 saturated carbocycles. The molecule has 0 spiro atoms. The molecule has 2 heterocycles. The molecule has 0 aliphatic rings. The Hall–Kier alpha value is -1.86. The van der Waals surface area contributed by atoms with E-state index >= 15 is 0 Å². The molecule has 3 rings (SSSR count). The first-order valence-corrected chi connectivity index (χ1v) is 6.49. The number of anilines is 3. The molecule has 0 bridgehead atoms. The predicted molar refractivity (Wildman–Crippen MR) is 78.5 cm³/mol. The molecule has 0 unspecified atom stereocenters. The number of aromatic nitrogens is 4. The van der Waals surface area contributed by atoms with Crippen molar-refractivity contribution < 1.29 is 0 Å². The zero-order valence-electron chi connectivity index (χ0n) is 9.48. The van der Waals surface area contributed by atoms with Crippen LogP contribution in [0.1, 0.15) is 0 Å². The average Bonchev–Trinajstić information content (AvgIpc) is 2.80. The Balaban J connectivity index is 2.07. The lowest BCUT2D eigenvalue weighted by molar-refractivity contribution is 1.09. The van der Waals surface area contributed by atoms with Gasteiger partial charge >= 0.3 is 0 Å². The van der Waals surface area contributed by atoms with Crippen molar-refractivity contribution in [2.24, 2.45) is 0 Å². The zero-order valence-corrected chi connectivity index (χ0v) is 11.8. The number of fused-ring (bicyclic) bond motifs is 1. The van der Waals surface area contributed by atoms with Gasteiger partial charge in [0.05, 0.1) is 17.3 Å². The van der Waals surface area contributed by atoms with Crippen LogP contribution in [0.15, 0.2) is 28.9 Å². The first-order valence-electron chi connectivity index (χ1n) is 5.32. The summed E-state index contributed by atoms with van der Waals surface area (Å²) >= 11 is 9.34. The van der Waals surface area contributed by atoms with Crippen molar-refractivity contribution in [1.29, 1.82) is 0 Å². The summed E-state index contributed by atoms with van der Waals surface area (Å²) < 4.78 is 0.828. The molecular weight excluding hydrogens is 332 g/mol. The lowest BCUT2D eigenvalue weighted by atomic mass is 10.3. The number of nitrogens with one attached hydrogen (secondary N) is 2. The molecule has 0 aliphatic carbocycles. The highest BCUT2D eigenvalue weighted by Gasteiger charge is 2.09. The SMILES string of the molecule is Nc1nc(Nc2ccc(Cl)cc2Br)c2cn[nH]c2n1. The fourth-order valence-corrected chi connectivity index (χ4v) is 2.45. The fourth-order valence-electron chi connectivity index (χ4n) is 1.67. The van der Waals surface area contributed by atoms with E-state index in [9.17, 15) is 0 Å². The fraction of sp³-hybridized carbons (Fsp3) is 0. The van der Waals surface area contributed by atoms with Crippen LogP contribution in [0.3, 0.4) is 0 Å². The van der Waals surface area contributed by atoms with Gasteiger partial charge in [0.1, 0.15) is 5.82 Å². The van der Waals surface area contributed by atoms with Gasteiger partial charge in [-0.05, 0) is 34.1 Å². The molecule has 96 valence electrons. The van der Waals surface area contributed by atoms with Crippen molar-refractivity contribution >= 4 is 56.0 Å². The quantitative estimate of drug-likeness (QED) is 0.667. The van der Waals surface area contributed by atoms with E-state index in [-0.39, 0.29) is 5.95 Å². The van der Waals surface area contributed by atoms with E-state index in [0.29, 0.717) is 16.5 Å². The molecule has 2 aromatic heterocycles. The number of nitrogens with two attached hydrogens (primary N) is 1. The molecule has 6 nitrogen and oxygen atoms in total. The van der Waals surface area contributed by atoms with Crippen molar-refractivity contribution in [2.75, 3.05) is 11.1 Å². The smallest absolute Gasteiger partial charge is 0.224 e. The van der Waals surface area contributed by atoms with Gasteiger partial charge in [-0.25, -0.2) is 0 Å². The highest BCUT2D eigenvalue weighted by atomic mass is 79.9. The largest absolute Gasteiger partial charge is 0.368 e. The summed E-state index contributed by atoms with van der Waals surface area (Å²) in [6, 6.07) is 5.42. The maximum atomic E-state index is 5.90. The predicted octanol–water partition coefficient (Wildman–Crippen LogP) is 3.09. The summed E-state index contributed by atoms with van der Waals surface area (Å²) in [7, 11) is 0. The number of hydrogen-bond donors (Lipinski definition) is 3. The van der Waals surface area contributed by atoms with E-state index in [1.165, 1.54) is 0 Å². The number of halogens is 2. The van der Waals surface area contributed by atoms with Gasteiger partial charge in [-0.15, -0.1) is 0 Å². The highest BCUT2D eigenvalue weighted by Crippen LogP contribution is 2.30. The molecule has 0 saturated heterocycles. The Labute approximate surface area is 121 Å². The maximum Gasteiger partial charge on any atom is 0.224 e. The molecule has 8 heteroatoms. The number of rotatable bonds is 2. The van der Waals surface area contributed by atoms with Crippen molar-refractivity contribution in [3.63, 3.8) is 0 Å². The normalized spacial score (nSPS) is 10.8. The van der Waals surface area contributed by atoms with Crippen LogP contribution in [-0.2, 0) is 0 Å². The lowest BCUT2D eigenvalue weighted by Gasteiger charge is -2.09. The number of benzene rings is 1. The van der Waals surface area contributed by atoms with Crippen LogP contribution in [0, 0.1) is 0 Å². The average molecular weight is 340 g/mol. The van der Waals surface area contributed by atoms with Crippen LogP contribution in [0.4, 0.5) is 17.5 Å². The van der Waals surface area contributed by atoms with Gasteiger partial charge < -0.3 is 11.1 Å². The molecule has 4 N–H and O–H groups in total. The molecule has 0 aliphatic heterocycles. The van der Waals surface area contributed by atoms with Crippen molar-refractivity contribution in [3.8, 4) is 0 Å². The number of H-pyrrole nitrogens is 1. The van der Waals surface area contributed by atoms with Gasteiger partial charge in [-0.3, -0.25) is 5.10 Å². The van der Waals surface area contributed by atoms with Crippen LogP contribution in [0.25, 0.3) is 11.0 Å². The third kappa shape index (κ3) is 2.34. The van der Waals surface area contributed by atoms with Crippen molar-refractivity contribution in [1.82, 2.24) is 20.2 Å². The van der Waals surface area contributed by atoms with Crippen LogP contribution >= 0.6 is 27.5 Å². The monoisotopic (exact) mass is 338 g/mol. The molecule has 3 aromatic rings. The zero-order chi connectivity index (χ0) is 13.4. The van der Waals surface area contributed by atoms with Crippen molar-refractivity contribution in [2.45, 2.75) is 0 Å².